The highest BCUT2D eigenvalue weighted by Crippen LogP contribution is 2.31. The molecule has 0 unspecified atom stereocenters. The Morgan fingerprint density at radius 1 is 1.15 bits per heavy atom. The molecular weight excluding hydrogens is 326 g/mol. The van der Waals surface area contributed by atoms with Crippen LogP contribution in [0.15, 0.2) is 30.7 Å². The molecule has 0 radical (unpaired) electrons. The first-order valence-corrected chi connectivity index (χ1v) is 9.65. The highest BCUT2D eigenvalue weighted by molar-refractivity contribution is 5.76. The third-order valence-corrected chi connectivity index (χ3v) is 5.60. The van der Waals surface area contributed by atoms with E-state index >= 15 is 0 Å². The molecule has 1 amide bonds. The molecule has 6 heteroatoms. The van der Waals surface area contributed by atoms with Crippen LogP contribution in [-0.2, 0) is 17.9 Å². The maximum Gasteiger partial charge on any atom is 0.243 e. The van der Waals surface area contributed by atoms with E-state index in [0.29, 0.717) is 6.54 Å². The van der Waals surface area contributed by atoms with Crippen molar-refractivity contribution in [2.45, 2.75) is 51.7 Å². The first kappa shape index (κ1) is 17.2. The predicted octanol–water partition coefficient (Wildman–Crippen LogP) is 2.55. The fourth-order valence-electron chi connectivity index (χ4n) is 4.11. The number of imidazole rings is 1. The molecule has 26 heavy (non-hydrogen) atoms. The molecule has 2 aromatic rings. The minimum absolute atomic E-state index is 0.104. The second-order valence-electron chi connectivity index (χ2n) is 7.42. The minimum atomic E-state index is 0.104. The topological polar surface area (TPSA) is 54.3 Å². The molecule has 2 aliphatic rings. The van der Waals surface area contributed by atoms with Crippen LogP contribution in [0.4, 0.5) is 0 Å². The lowest BCUT2D eigenvalue weighted by Gasteiger charge is -2.25. The fraction of sp³-hybridized carbons (Fsp3) is 0.550. The molecule has 6 nitrogen and oxygen atoms in total. The number of hydrogen-bond acceptors (Lipinski definition) is 4. The summed E-state index contributed by atoms with van der Waals surface area (Å²) in [5, 5.41) is 0. The summed E-state index contributed by atoms with van der Waals surface area (Å²) in [5.74, 6) is 1.02. The Morgan fingerprint density at radius 3 is 2.69 bits per heavy atom. The Morgan fingerprint density at radius 2 is 2.00 bits per heavy atom. The van der Waals surface area contributed by atoms with E-state index in [9.17, 15) is 4.79 Å². The molecule has 2 aliphatic heterocycles. The molecule has 2 fully saturated rings. The van der Waals surface area contributed by atoms with Crippen molar-refractivity contribution >= 4 is 5.91 Å². The molecule has 138 valence electrons. The average Bonchev–Trinajstić information content (AvgIpc) is 3.39. The third kappa shape index (κ3) is 3.65. The van der Waals surface area contributed by atoms with Crippen LogP contribution in [0, 0.1) is 6.92 Å². The number of carbonyl (C=O) groups is 1. The van der Waals surface area contributed by atoms with Gasteiger partial charge in [-0.15, -0.1) is 0 Å². The quantitative estimate of drug-likeness (QED) is 0.829. The Balaban J connectivity index is 1.42. The molecule has 0 bridgehead atoms. The number of amides is 1. The lowest BCUT2D eigenvalue weighted by atomic mass is 10.1. The van der Waals surface area contributed by atoms with Crippen LogP contribution in [0.1, 0.15) is 48.8 Å². The van der Waals surface area contributed by atoms with Gasteiger partial charge in [0.15, 0.2) is 0 Å². The molecule has 4 heterocycles. The number of hydrogen-bond donors (Lipinski definition) is 0. The molecule has 0 aliphatic carbocycles. The van der Waals surface area contributed by atoms with Gasteiger partial charge in [-0.2, -0.15) is 0 Å². The first-order valence-electron chi connectivity index (χ1n) is 9.65. The van der Waals surface area contributed by atoms with Crippen molar-refractivity contribution in [3.8, 4) is 0 Å². The van der Waals surface area contributed by atoms with Gasteiger partial charge in [0.1, 0.15) is 12.4 Å². The number of rotatable bonds is 5. The van der Waals surface area contributed by atoms with E-state index in [4.69, 9.17) is 4.98 Å². The number of carbonyl (C=O) groups excluding carboxylic acids is 1. The van der Waals surface area contributed by atoms with Crippen LogP contribution in [0.25, 0.3) is 0 Å². The van der Waals surface area contributed by atoms with Gasteiger partial charge in [0.25, 0.3) is 0 Å². The molecule has 0 saturated carbocycles. The van der Waals surface area contributed by atoms with Crippen LogP contribution in [-0.4, -0.2) is 49.9 Å². The van der Waals surface area contributed by atoms with Crippen molar-refractivity contribution in [2.75, 3.05) is 19.6 Å². The number of aryl methyl sites for hydroxylation is 1. The van der Waals surface area contributed by atoms with Gasteiger partial charge >= 0.3 is 0 Å². The molecule has 1 atom stereocenters. The summed E-state index contributed by atoms with van der Waals surface area (Å²) in [4.78, 5) is 26.2. The number of aromatic nitrogens is 3. The normalized spacial score (nSPS) is 20.8. The molecule has 0 aromatic carbocycles. The van der Waals surface area contributed by atoms with E-state index in [1.807, 2.05) is 28.8 Å². The van der Waals surface area contributed by atoms with Gasteiger partial charge < -0.3 is 9.47 Å². The largest absolute Gasteiger partial charge is 0.333 e. The van der Waals surface area contributed by atoms with Crippen LogP contribution in [0.3, 0.4) is 0 Å². The zero-order valence-corrected chi connectivity index (χ0v) is 15.5. The SMILES string of the molecule is Cc1nccn1CC(=O)N1CCC[C@H]1c1ccc(CN2CCCC2)cn1. The highest BCUT2D eigenvalue weighted by Gasteiger charge is 2.31. The van der Waals surface area contributed by atoms with E-state index in [2.05, 4.69) is 22.0 Å². The number of pyridine rings is 1. The van der Waals surface area contributed by atoms with Crippen LogP contribution in [0.5, 0.6) is 0 Å². The van der Waals surface area contributed by atoms with E-state index in [0.717, 1.165) is 37.4 Å². The van der Waals surface area contributed by atoms with E-state index < -0.39 is 0 Å². The summed E-state index contributed by atoms with van der Waals surface area (Å²) >= 11 is 0. The maximum atomic E-state index is 12.8. The van der Waals surface area contributed by atoms with E-state index in [1.165, 1.54) is 31.5 Å². The Bertz CT molecular complexity index is 748. The van der Waals surface area contributed by atoms with Crippen LogP contribution < -0.4 is 0 Å². The monoisotopic (exact) mass is 353 g/mol. The Kier molecular flexibility index (Phi) is 5.02. The zero-order valence-electron chi connectivity index (χ0n) is 15.5. The zero-order chi connectivity index (χ0) is 17.9. The fourth-order valence-corrected chi connectivity index (χ4v) is 4.11. The van der Waals surface area contributed by atoms with Gasteiger partial charge in [-0.3, -0.25) is 14.7 Å². The molecule has 2 saturated heterocycles. The van der Waals surface area contributed by atoms with Crippen molar-refractivity contribution < 1.29 is 4.79 Å². The van der Waals surface area contributed by atoms with Crippen molar-refractivity contribution in [1.82, 2.24) is 24.3 Å². The van der Waals surface area contributed by atoms with Gasteiger partial charge in [0.05, 0.1) is 11.7 Å². The summed E-state index contributed by atoms with van der Waals surface area (Å²) in [6, 6.07) is 4.40. The van der Waals surface area contributed by atoms with Gasteiger partial charge in [-0.1, -0.05) is 6.07 Å². The van der Waals surface area contributed by atoms with Gasteiger partial charge in [-0.05, 0) is 57.3 Å². The van der Waals surface area contributed by atoms with E-state index in [-0.39, 0.29) is 11.9 Å². The standard InChI is InChI=1S/C20H27N5O/c1-16-21-8-12-24(16)15-20(26)25-11-4-5-19(25)18-7-6-17(13-22-18)14-23-9-2-3-10-23/h6-8,12-13,19H,2-5,9-11,14-15H2,1H3/t19-/m0/s1. The van der Waals surface area contributed by atoms with Crippen molar-refractivity contribution in [1.29, 1.82) is 0 Å². The Labute approximate surface area is 154 Å². The van der Waals surface area contributed by atoms with Crippen LogP contribution in [0.2, 0.25) is 0 Å². The summed E-state index contributed by atoms with van der Waals surface area (Å²) in [5.41, 5.74) is 2.28. The average molecular weight is 353 g/mol. The molecular formula is C20H27N5O. The number of likely N-dealkylation sites (tertiary alicyclic amines) is 2. The minimum Gasteiger partial charge on any atom is -0.333 e. The lowest BCUT2D eigenvalue weighted by Crippen LogP contribution is -2.33. The van der Waals surface area contributed by atoms with E-state index in [1.54, 1.807) is 6.20 Å². The maximum absolute atomic E-state index is 12.8. The van der Waals surface area contributed by atoms with Gasteiger partial charge in [0, 0.05) is 31.7 Å². The molecule has 2 aromatic heterocycles. The molecule has 4 rings (SSSR count). The molecule has 0 N–H and O–H groups in total. The number of nitrogens with zero attached hydrogens (tertiary/aromatic N) is 5. The second-order valence-corrected chi connectivity index (χ2v) is 7.42. The van der Waals surface area contributed by atoms with Gasteiger partial charge in [0.2, 0.25) is 5.91 Å². The summed E-state index contributed by atoms with van der Waals surface area (Å²) in [7, 11) is 0. The van der Waals surface area contributed by atoms with Crippen molar-refractivity contribution in [3.05, 3.63) is 47.8 Å². The van der Waals surface area contributed by atoms with Crippen molar-refractivity contribution in [2.24, 2.45) is 0 Å². The smallest absolute Gasteiger partial charge is 0.243 e. The highest BCUT2D eigenvalue weighted by atomic mass is 16.2. The summed E-state index contributed by atoms with van der Waals surface area (Å²) in [6.07, 6.45) is 10.2. The lowest BCUT2D eigenvalue weighted by molar-refractivity contribution is -0.132. The van der Waals surface area contributed by atoms with Gasteiger partial charge in [-0.25, -0.2) is 4.98 Å². The predicted molar refractivity (Wildman–Crippen MR) is 99.4 cm³/mol. The first-order chi connectivity index (χ1) is 12.7. The second kappa shape index (κ2) is 7.58. The Hall–Kier alpha value is -2.21. The molecule has 0 spiro atoms. The third-order valence-electron chi connectivity index (χ3n) is 5.60. The van der Waals surface area contributed by atoms with Crippen LogP contribution >= 0.6 is 0 Å². The summed E-state index contributed by atoms with van der Waals surface area (Å²) in [6.45, 7) is 6.47. The summed E-state index contributed by atoms with van der Waals surface area (Å²) < 4.78 is 1.91. The van der Waals surface area contributed by atoms with Crippen molar-refractivity contribution in [3.63, 3.8) is 0 Å².